The quantitative estimate of drug-likeness (QED) is 0.610. The Balaban J connectivity index is 2.86. The molecule has 6 heteroatoms. The number of benzene rings is 1. The van der Waals surface area contributed by atoms with E-state index in [-0.39, 0.29) is 22.9 Å². The fourth-order valence-electron chi connectivity index (χ4n) is 1.64. The van der Waals surface area contributed by atoms with Gasteiger partial charge in [-0.05, 0) is 18.1 Å². The van der Waals surface area contributed by atoms with E-state index in [1.807, 2.05) is 6.92 Å². The van der Waals surface area contributed by atoms with Crippen molar-refractivity contribution in [2.45, 2.75) is 6.92 Å². The molecule has 0 fully saturated rings. The summed E-state index contributed by atoms with van der Waals surface area (Å²) in [5.74, 6) is -0.885. The number of ether oxygens (including phenoxy) is 2. The Morgan fingerprint density at radius 2 is 2.16 bits per heavy atom. The molecule has 1 aromatic carbocycles. The minimum atomic E-state index is -0.592. The Bertz CT molecular complexity index is 452. The predicted octanol–water partition coefficient (Wildman–Crippen LogP) is 1.89. The molecule has 0 aliphatic carbocycles. The normalized spacial score (nSPS) is 12.0. The molecule has 0 amide bonds. The standard InChI is InChI=1S/C13H19FN2O3/c1-8(7-18-2)6-16-12-4-9(13(17)19-3)11(15)5-10(12)14/h4-5,8,16H,6-7,15H2,1-3H3. The smallest absolute Gasteiger partial charge is 0.340 e. The number of anilines is 2. The number of nitrogen functional groups attached to an aromatic ring is 1. The molecular weight excluding hydrogens is 251 g/mol. The van der Waals surface area contributed by atoms with Gasteiger partial charge >= 0.3 is 5.97 Å². The molecule has 19 heavy (non-hydrogen) atoms. The van der Waals surface area contributed by atoms with Gasteiger partial charge in [-0.25, -0.2) is 9.18 Å². The first-order valence-electron chi connectivity index (χ1n) is 5.89. The Hall–Kier alpha value is -1.82. The molecule has 1 atom stereocenters. The molecule has 1 unspecified atom stereocenters. The van der Waals surface area contributed by atoms with Crippen LogP contribution in [-0.2, 0) is 9.47 Å². The number of esters is 1. The Kier molecular flexibility index (Phi) is 5.57. The molecule has 3 N–H and O–H groups in total. The largest absolute Gasteiger partial charge is 0.465 e. The summed E-state index contributed by atoms with van der Waals surface area (Å²) in [6.07, 6.45) is 0. The summed E-state index contributed by atoms with van der Waals surface area (Å²) >= 11 is 0. The topological polar surface area (TPSA) is 73.6 Å². The maximum absolute atomic E-state index is 13.7. The molecule has 0 aromatic heterocycles. The number of hydrogen-bond acceptors (Lipinski definition) is 5. The molecule has 0 saturated carbocycles. The molecule has 0 aliphatic rings. The molecule has 0 heterocycles. The highest BCUT2D eigenvalue weighted by Crippen LogP contribution is 2.23. The van der Waals surface area contributed by atoms with Crippen molar-refractivity contribution in [1.29, 1.82) is 0 Å². The van der Waals surface area contributed by atoms with E-state index in [1.165, 1.54) is 13.2 Å². The summed E-state index contributed by atoms with van der Waals surface area (Å²) in [6, 6.07) is 2.46. The number of rotatable bonds is 6. The van der Waals surface area contributed by atoms with E-state index >= 15 is 0 Å². The fraction of sp³-hybridized carbons (Fsp3) is 0.462. The Morgan fingerprint density at radius 1 is 1.47 bits per heavy atom. The molecule has 0 spiro atoms. The molecule has 0 radical (unpaired) electrons. The summed E-state index contributed by atoms with van der Waals surface area (Å²) < 4.78 is 23.3. The lowest BCUT2D eigenvalue weighted by atomic mass is 10.1. The van der Waals surface area contributed by atoms with Crippen LogP contribution in [0.25, 0.3) is 0 Å². The molecule has 1 aromatic rings. The van der Waals surface area contributed by atoms with Crippen LogP contribution in [0, 0.1) is 11.7 Å². The van der Waals surface area contributed by atoms with Crippen LogP contribution in [0.4, 0.5) is 15.8 Å². The van der Waals surface area contributed by atoms with Gasteiger partial charge in [-0.1, -0.05) is 6.92 Å². The van der Waals surface area contributed by atoms with E-state index in [9.17, 15) is 9.18 Å². The van der Waals surface area contributed by atoms with Crippen molar-refractivity contribution < 1.29 is 18.7 Å². The van der Waals surface area contributed by atoms with Crippen LogP contribution >= 0.6 is 0 Å². The zero-order valence-corrected chi connectivity index (χ0v) is 11.3. The molecule has 106 valence electrons. The third-order valence-corrected chi connectivity index (χ3v) is 2.64. The minimum absolute atomic E-state index is 0.0554. The third-order valence-electron chi connectivity index (χ3n) is 2.64. The molecule has 1 rings (SSSR count). The Morgan fingerprint density at radius 3 is 2.74 bits per heavy atom. The predicted molar refractivity (Wildman–Crippen MR) is 71.7 cm³/mol. The SMILES string of the molecule is COCC(C)CNc1cc(C(=O)OC)c(N)cc1F. The van der Waals surface area contributed by atoms with Crippen LogP contribution in [0.2, 0.25) is 0 Å². The molecule has 0 saturated heterocycles. The second-order valence-electron chi connectivity index (χ2n) is 4.35. The van der Waals surface area contributed by atoms with E-state index in [4.69, 9.17) is 10.5 Å². The number of nitrogens with two attached hydrogens (primary N) is 1. The van der Waals surface area contributed by atoms with Crippen LogP contribution in [-0.4, -0.2) is 33.3 Å². The maximum atomic E-state index is 13.7. The van der Waals surface area contributed by atoms with E-state index in [1.54, 1.807) is 7.11 Å². The molecular formula is C13H19FN2O3. The van der Waals surface area contributed by atoms with Crippen molar-refractivity contribution in [1.82, 2.24) is 0 Å². The van der Waals surface area contributed by atoms with Gasteiger partial charge in [0.05, 0.1) is 25.0 Å². The van der Waals surface area contributed by atoms with E-state index < -0.39 is 11.8 Å². The highest BCUT2D eigenvalue weighted by Gasteiger charge is 2.15. The van der Waals surface area contributed by atoms with Gasteiger partial charge in [0.15, 0.2) is 0 Å². The number of nitrogens with one attached hydrogen (secondary N) is 1. The zero-order chi connectivity index (χ0) is 14.4. The van der Waals surface area contributed by atoms with Gasteiger partial charge in [-0.2, -0.15) is 0 Å². The van der Waals surface area contributed by atoms with Gasteiger partial charge in [0, 0.05) is 19.3 Å². The van der Waals surface area contributed by atoms with Gasteiger partial charge in [0.2, 0.25) is 0 Å². The molecule has 0 bridgehead atoms. The van der Waals surface area contributed by atoms with Crippen molar-refractivity contribution in [2.24, 2.45) is 5.92 Å². The summed E-state index contributed by atoms with van der Waals surface area (Å²) in [7, 11) is 2.86. The third kappa shape index (κ3) is 4.10. The molecule has 5 nitrogen and oxygen atoms in total. The van der Waals surface area contributed by atoms with Crippen LogP contribution in [0.3, 0.4) is 0 Å². The lowest BCUT2D eigenvalue weighted by Crippen LogP contribution is -2.17. The van der Waals surface area contributed by atoms with Crippen molar-refractivity contribution in [2.75, 3.05) is 38.4 Å². The van der Waals surface area contributed by atoms with Crippen molar-refractivity contribution in [3.63, 3.8) is 0 Å². The van der Waals surface area contributed by atoms with E-state index in [0.29, 0.717) is 13.2 Å². The monoisotopic (exact) mass is 270 g/mol. The highest BCUT2D eigenvalue weighted by molar-refractivity contribution is 5.96. The minimum Gasteiger partial charge on any atom is -0.465 e. The first kappa shape index (κ1) is 15.2. The fourth-order valence-corrected chi connectivity index (χ4v) is 1.64. The average Bonchev–Trinajstić information content (AvgIpc) is 2.37. The van der Waals surface area contributed by atoms with Crippen molar-refractivity contribution >= 4 is 17.3 Å². The number of carbonyl (C=O) groups is 1. The van der Waals surface area contributed by atoms with E-state index in [2.05, 4.69) is 10.1 Å². The number of hydrogen-bond donors (Lipinski definition) is 2. The first-order valence-corrected chi connectivity index (χ1v) is 5.89. The number of methoxy groups -OCH3 is 2. The number of halogens is 1. The zero-order valence-electron chi connectivity index (χ0n) is 11.3. The summed E-state index contributed by atoms with van der Waals surface area (Å²) in [5, 5.41) is 2.93. The van der Waals surface area contributed by atoms with Crippen LogP contribution in [0.1, 0.15) is 17.3 Å². The van der Waals surface area contributed by atoms with Gasteiger partial charge in [-0.15, -0.1) is 0 Å². The van der Waals surface area contributed by atoms with Crippen molar-refractivity contribution in [3.05, 3.63) is 23.5 Å². The van der Waals surface area contributed by atoms with Crippen LogP contribution in [0.5, 0.6) is 0 Å². The number of carbonyl (C=O) groups excluding carboxylic acids is 1. The van der Waals surface area contributed by atoms with Crippen LogP contribution in [0.15, 0.2) is 12.1 Å². The van der Waals surface area contributed by atoms with Crippen LogP contribution < -0.4 is 11.1 Å². The second-order valence-corrected chi connectivity index (χ2v) is 4.35. The van der Waals surface area contributed by atoms with Crippen molar-refractivity contribution in [3.8, 4) is 0 Å². The average molecular weight is 270 g/mol. The lowest BCUT2D eigenvalue weighted by molar-refractivity contribution is 0.0602. The maximum Gasteiger partial charge on any atom is 0.340 e. The summed E-state index contributed by atoms with van der Waals surface area (Å²) in [6.45, 7) is 3.05. The van der Waals surface area contributed by atoms with Gasteiger partial charge in [0.25, 0.3) is 0 Å². The molecule has 0 aliphatic heterocycles. The van der Waals surface area contributed by atoms with Gasteiger partial charge in [-0.3, -0.25) is 0 Å². The lowest BCUT2D eigenvalue weighted by Gasteiger charge is -2.14. The second kappa shape index (κ2) is 6.94. The van der Waals surface area contributed by atoms with Gasteiger partial charge < -0.3 is 20.5 Å². The van der Waals surface area contributed by atoms with E-state index in [0.717, 1.165) is 6.07 Å². The summed E-state index contributed by atoms with van der Waals surface area (Å²) in [5.41, 5.74) is 6.00. The first-order chi connectivity index (χ1) is 8.99. The Labute approximate surface area is 111 Å². The van der Waals surface area contributed by atoms with Gasteiger partial charge in [0.1, 0.15) is 5.82 Å². The highest BCUT2D eigenvalue weighted by atomic mass is 19.1. The summed E-state index contributed by atoms with van der Waals surface area (Å²) in [4.78, 5) is 11.5.